The van der Waals surface area contributed by atoms with Gasteiger partial charge in [-0.05, 0) is 5.56 Å². The summed E-state index contributed by atoms with van der Waals surface area (Å²) in [4.78, 5) is 20.1. The largest absolute Gasteiger partial charge is 0.872 e. The predicted molar refractivity (Wildman–Crippen MR) is 143 cm³/mol. The zero-order valence-corrected chi connectivity index (χ0v) is 22.3. The Labute approximate surface area is 227 Å². The van der Waals surface area contributed by atoms with E-state index in [1.165, 1.54) is 11.0 Å². The van der Waals surface area contributed by atoms with Crippen LogP contribution in [0.3, 0.4) is 0 Å². The summed E-state index contributed by atoms with van der Waals surface area (Å²) in [6, 6.07) is 10.6. The molecule has 2 fully saturated rings. The number of aliphatic hydroxyl groups excluding tert-OH is 2. The lowest BCUT2D eigenvalue weighted by Crippen LogP contribution is -3.13. The zero-order chi connectivity index (χ0) is 27.4. The van der Waals surface area contributed by atoms with Crippen molar-refractivity contribution in [3.63, 3.8) is 0 Å². The number of nitrogens with one attached hydrogen (secondary N) is 2. The van der Waals surface area contributed by atoms with Crippen LogP contribution in [0.2, 0.25) is 0 Å². The van der Waals surface area contributed by atoms with Crippen molar-refractivity contribution < 1.29 is 34.6 Å². The fourth-order valence-corrected chi connectivity index (χ4v) is 5.85. The number of β-amino-alcohol motifs (C(OH)–C–C–N with tert-alkyl or cyclic N) is 2. The van der Waals surface area contributed by atoms with Crippen molar-refractivity contribution in [1.82, 2.24) is 9.80 Å². The number of fused-ring (bicyclic) bond motifs is 1. The third kappa shape index (κ3) is 6.11. The molecule has 0 bridgehead atoms. The number of rotatable bonds is 9. The van der Waals surface area contributed by atoms with E-state index in [0.717, 1.165) is 57.3 Å². The van der Waals surface area contributed by atoms with E-state index in [2.05, 4.69) is 9.80 Å². The highest BCUT2D eigenvalue weighted by molar-refractivity contribution is 5.90. The SMILES string of the molecule is O=c1cc(-c2ccccc2)oc2c(C[NH+]3CCN(CCO)CC3)c([O-])c(C[NH+]3CCN(CCO)CC3)c([O-])c12. The summed E-state index contributed by atoms with van der Waals surface area (Å²) in [5, 5.41) is 46.1. The Morgan fingerprint density at radius 3 is 1.87 bits per heavy atom. The van der Waals surface area contributed by atoms with E-state index < -0.39 is 11.2 Å². The predicted octanol–water partition coefficient (Wildman–Crippen LogP) is -3.01. The standard InChI is InChI=1S/C29H38N4O6/c34-16-14-30-6-10-32(11-7-30)19-22-27(37)23(20-33-12-8-31(9-13-33)15-17-35)29-26(28(22)38)24(36)18-25(39-29)21-4-2-1-3-5-21/h1-5,18,34-35,37-38H,6-17,19-20H2. The topological polar surface area (TPSA) is 132 Å². The molecule has 0 radical (unpaired) electrons. The smallest absolute Gasteiger partial charge is 0.192 e. The maximum Gasteiger partial charge on any atom is 0.192 e. The Hall–Kier alpha value is -2.99. The summed E-state index contributed by atoms with van der Waals surface area (Å²) in [6.07, 6.45) is 0. The van der Waals surface area contributed by atoms with Crippen LogP contribution in [-0.2, 0) is 13.1 Å². The lowest BCUT2D eigenvalue weighted by molar-refractivity contribution is -0.919. The van der Waals surface area contributed by atoms with E-state index in [4.69, 9.17) is 4.42 Å². The first-order valence-corrected chi connectivity index (χ1v) is 13.9. The normalized spacial score (nSPS) is 18.2. The molecule has 0 atom stereocenters. The van der Waals surface area contributed by atoms with Gasteiger partial charge in [0.1, 0.15) is 24.4 Å². The molecule has 1 aromatic heterocycles. The van der Waals surface area contributed by atoms with Crippen LogP contribution in [-0.4, -0.2) is 98.7 Å². The number of aliphatic hydroxyl groups is 2. The molecule has 0 spiro atoms. The fraction of sp³-hybridized carbons (Fsp3) is 0.483. The quantitative estimate of drug-likeness (QED) is 0.227. The van der Waals surface area contributed by atoms with Crippen molar-refractivity contribution in [1.29, 1.82) is 0 Å². The number of quaternary nitrogens is 2. The molecule has 0 unspecified atom stereocenters. The summed E-state index contributed by atoms with van der Waals surface area (Å²) >= 11 is 0. The first kappa shape index (κ1) is 27.6. The van der Waals surface area contributed by atoms with Crippen LogP contribution >= 0.6 is 0 Å². The van der Waals surface area contributed by atoms with E-state index in [9.17, 15) is 25.2 Å². The molecule has 0 amide bonds. The highest BCUT2D eigenvalue weighted by Gasteiger charge is 2.26. The van der Waals surface area contributed by atoms with Crippen LogP contribution in [0.4, 0.5) is 0 Å². The second-order valence-corrected chi connectivity index (χ2v) is 10.6. The van der Waals surface area contributed by atoms with E-state index in [0.29, 0.717) is 36.5 Å². The fourth-order valence-electron chi connectivity index (χ4n) is 5.85. The van der Waals surface area contributed by atoms with Crippen LogP contribution in [0.25, 0.3) is 22.3 Å². The van der Waals surface area contributed by atoms with Gasteiger partial charge in [-0.25, -0.2) is 0 Å². The number of hydrogen-bond acceptors (Lipinski definition) is 8. The molecule has 3 aromatic rings. The van der Waals surface area contributed by atoms with Gasteiger partial charge in [0.2, 0.25) is 0 Å². The Morgan fingerprint density at radius 1 is 0.795 bits per heavy atom. The third-order valence-corrected chi connectivity index (χ3v) is 8.14. The molecule has 39 heavy (non-hydrogen) atoms. The molecule has 2 saturated heterocycles. The number of piperazine rings is 2. The average molecular weight is 539 g/mol. The van der Waals surface area contributed by atoms with Gasteiger partial charge >= 0.3 is 0 Å². The molecule has 2 aliphatic heterocycles. The summed E-state index contributed by atoms with van der Waals surface area (Å²) in [5.74, 6) is -0.481. The minimum Gasteiger partial charge on any atom is -0.872 e. The molecule has 0 aliphatic carbocycles. The van der Waals surface area contributed by atoms with Gasteiger partial charge in [0, 0.05) is 56.5 Å². The lowest BCUT2D eigenvalue weighted by atomic mass is 9.99. The molecule has 5 rings (SSSR count). The van der Waals surface area contributed by atoms with Gasteiger partial charge in [0.15, 0.2) is 5.43 Å². The second kappa shape index (κ2) is 12.5. The summed E-state index contributed by atoms with van der Waals surface area (Å²) in [5.41, 5.74) is 0.975. The molecule has 10 heteroatoms. The molecule has 2 aromatic carbocycles. The molecule has 210 valence electrons. The third-order valence-electron chi connectivity index (χ3n) is 8.14. The van der Waals surface area contributed by atoms with Crippen LogP contribution in [0.15, 0.2) is 45.6 Å². The summed E-state index contributed by atoms with van der Waals surface area (Å²) < 4.78 is 6.21. The Morgan fingerprint density at radius 2 is 1.33 bits per heavy atom. The molecular formula is C29H38N4O6. The first-order valence-electron chi connectivity index (χ1n) is 13.9. The van der Waals surface area contributed by atoms with Gasteiger partial charge in [0.25, 0.3) is 0 Å². The molecule has 3 heterocycles. The van der Waals surface area contributed by atoms with Crippen LogP contribution in [0, 0.1) is 0 Å². The van der Waals surface area contributed by atoms with Gasteiger partial charge in [-0.3, -0.25) is 14.6 Å². The van der Waals surface area contributed by atoms with Gasteiger partial charge in [-0.1, -0.05) is 41.8 Å². The second-order valence-electron chi connectivity index (χ2n) is 10.6. The van der Waals surface area contributed by atoms with E-state index >= 15 is 0 Å². The van der Waals surface area contributed by atoms with Gasteiger partial charge in [0.05, 0.1) is 44.8 Å². The van der Waals surface area contributed by atoms with Gasteiger partial charge in [-0.15, -0.1) is 0 Å². The minimum absolute atomic E-state index is 0.0316. The molecule has 2 aliphatic rings. The van der Waals surface area contributed by atoms with Crippen molar-refractivity contribution in [3.8, 4) is 22.8 Å². The van der Waals surface area contributed by atoms with Crippen molar-refractivity contribution in [2.24, 2.45) is 0 Å². The Balaban J connectivity index is 1.53. The number of benzene rings is 2. The van der Waals surface area contributed by atoms with Gasteiger partial charge < -0.3 is 34.6 Å². The highest BCUT2D eigenvalue weighted by atomic mass is 16.3. The van der Waals surface area contributed by atoms with E-state index in [1.807, 2.05) is 30.3 Å². The van der Waals surface area contributed by atoms with Crippen molar-refractivity contribution >= 4 is 11.0 Å². The lowest BCUT2D eigenvalue weighted by Gasteiger charge is -2.35. The average Bonchev–Trinajstić information content (AvgIpc) is 2.95. The van der Waals surface area contributed by atoms with E-state index in [-0.39, 0.29) is 42.0 Å². The monoisotopic (exact) mass is 538 g/mol. The summed E-state index contributed by atoms with van der Waals surface area (Å²) in [6.45, 7) is 8.36. The minimum atomic E-state index is -0.514. The molecule has 10 nitrogen and oxygen atoms in total. The Kier molecular flexibility index (Phi) is 8.81. The zero-order valence-electron chi connectivity index (χ0n) is 22.3. The van der Waals surface area contributed by atoms with Crippen LogP contribution < -0.4 is 25.4 Å². The van der Waals surface area contributed by atoms with Crippen molar-refractivity contribution in [3.05, 3.63) is 57.7 Å². The molecule has 4 N–H and O–H groups in total. The molecular weight excluding hydrogens is 500 g/mol. The van der Waals surface area contributed by atoms with E-state index in [1.54, 1.807) is 0 Å². The van der Waals surface area contributed by atoms with Crippen molar-refractivity contribution in [2.45, 2.75) is 13.1 Å². The first-order chi connectivity index (χ1) is 19.0. The maximum absolute atomic E-state index is 14.0. The van der Waals surface area contributed by atoms with Crippen LogP contribution in [0.5, 0.6) is 11.5 Å². The Bertz CT molecular complexity index is 1320. The highest BCUT2D eigenvalue weighted by Crippen LogP contribution is 2.36. The summed E-state index contributed by atoms with van der Waals surface area (Å²) in [7, 11) is 0. The molecule has 0 saturated carbocycles. The van der Waals surface area contributed by atoms with Crippen LogP contribution in [0.1, 0.15) is 11.1 Å². The maximum atomic E-state index is 14.0. The van der Waals surface area contributed by atoms with Crippen molar-refractivity contribution in [2.75, 3.05) is 78.7 Å². The number of nitrogens with zero attached hydrogens (tertiary/aromatic N) is 2. The van der Waals surface area contributed by atoms with Gasteiger partial charge in [-0.2, -0.15) is 0 Å². The number of hydrogen-bond donors (Lipinski definition) is 4.